The smallest absolute Gasteiger partial charge is 0.244 e. The molecule has 1 aromatic carbocycles. The van der Waals surface area contributed by atoms with Crippen molar-refractivity contribution < 1.29 is 9.52 Å². The third-order valence-electron chi connectivity index (χ3n) is 3.23. The Balaban J connectivity index is 1.78. The summed E-state index contributed by atoms with van der Waals surface area (Å²) in [4.78, 5) is 8.80. The zero-order valence-electron chi connectivity index (χ0n) is 12.6. The second-order valence-corrected chi connectivity index (χ2v) is 4.82. The monoisotopic (exact) mass is 308 g/mol. The van der Waals surface area contributed by atoms with Gasteiger partial charge in [-0.15, -0.1) is 0 Å². The maximum absolute atomic E-state index is 9.86. The molecule has 1 aromatic heterocycles. The summed E-state index contributed by atoms with van der Waals surface area (Å²) in [7, 11) is 0. The van der Waals surface area contributed by atoms with Gasteiger partial charge in [0.05, 0.1) is 23.9 Å². The topological polar surface area (TPSA) is 82.5 Å². The highest BCUT2D eigenvalue weighted by atomic mass is 16.3. The zero-order valence-corrected chi connectivity index (χ0v) is 12.6. The van der Waals surface area contributed by atoms with Crippen LogP contribution in [-0.2, 0) is 0 Å². The Labute approximate surface area is 133 Å². The summed E-state index contributed by atoms with van der Waals surface area (Å²) in [6.45, 7) is 2.00. The normalized spacial score (nSPS) is 16.0. The van der Waals surface area contributed by atoms with Crippen LogP contribution >= 0.6 is 0 Å². The van der Waals surface area contributed by atoms with E-state index in [0.717, 1.165) is 12.1 Å². The molecule has 1 aliphatic heterocycles. The molecule has 2 aromatic rings. The van der Waals surface area contributed by atoms with E-state index in [1.54, 1.807) is 36.7 Å². The van der Waals surface area contributed by atoms with Gasteiger partial charge in [0.2, 0.25) is 5.96 Å². The van der Waals surface area contributed by atoms with Crippen LogP contribution in [0, 0.1) is 0 Å². The minimum atomic E-state index is 0.211. The number of phenolic OH excluding ortho intramolecular Hbond substituents is 1. The van der Waals surface area contributed by atoms with E-state index >= 15 is 0 Å². The molecule has 116 valence electrons. The van der Waals surface area contributed by atoms with Gasteiger partial charge in [0.15, 0.2) is 0 Å². The summed E-state index contributed by atoms with van der Waals surface area (Å²) in [5.41, 5.74) is 5.03. The molecule has 0 spiro atoms. The van der Waals surface area contributed by atoms with Crippen molar-refractivity contribution in [3.63, 3.8) is 0 Å². The first-order valence-corrected chi connectivity index (χ1v) is 7.25. The molecule has 0 radical (unpaired) electrons. The van der Waals surface area contributed by atoms with Crippen molar-refractivity contribution in [1.29, 1.82) is 0 Å². The molecule has 0 amide bonds. The van der Waals surface area contributed by atoms with Crippen LogP contribution in [0.2, 0.25) is 0 Å². The quantitative estimate of drug-likeness (QED) is 0.672. The third kappa shape index (κ3) is 3.55. The Morgan fingerprint density at radius 3 is 2.83 bits per heavy atom. The van der Waals surface area contributed by atoms with Gasteiger partial charge < -0.3 is 9.52 Å². The number of para-hydroxylation sites is 1. The molecule has 0 saturated carbocycles. The van der Waals surface area contributed by atoms with Crippen molar-refractivity contribution in [3.8, 4) is 5.75 Å². The van der Waals surface area contributed by atoms with Crippen molar-refractivity contribution in [2.45, 2.75) is 13.3 Å². The molecule has 0 unspecified atom stereocenters. The Morgan fingerprint density at radius 2 is 2.09 bits per heavy atom. The number of phenols is 1. The number of benzene rings is 1. The third-order valence-corrected chi connectivity index (χ3v) is 3.23. The largest absolute Gasteiger partial charge is 0.507 e. The number of hydrogen-bond donors (Lipinski definition) is 2. The Hall–Kier alpha value is -3.15. The molecule has 2 N–H and O–H groups in total. The summed E-state index contributed by atoms with van der Waals surface area (Å²) >= 11 is 0. The highest BCUT2D eigenvalue weighted by Crippen LogP contribution is 2.22. The lowest BCUT2D eigenvalue weighted by atomic mass is 10.1. The number of nitrogens with zero attached hydrogens (tertiary/aromatic N) is 3. The van der Waals surface area contributed by atoms with Gasteiger partial charge in [-0.3, -0.25) is 0 Å². The van der Waals surface area contributed by atoms with Crippen molar-refractivity contribution in [2.24, 2.45) is 15.1 Å². The van der Waals surface area contributed by atoms with Crippen LogP contribution in [0.25, 0.3) is 6.08 Å². The number of nitrogens with one attached hydrogen (secondary N) is 1. The predicted octanol–water partition coefficient (Wildman–Crippen LogP) is 3.17. The molecule has 0 fully saturated rings. The fourth-order valence-corrected chi connectivity index (χ4v) is 2.09. The highest BCUT2D eigenvalue weighted by Gasteiger charge is 2.15. The minimum absolute atomic E-state index is 0.211. The number of rotatable bonds is 4. The van der Waals surface area contributed by atoms with Gasteiger partial charge >= 0.3 is 0 Å². The Kier molecular flexibility index (Phi) is 4.33. The molecule has 0 saturated heterocycles. The Morgan fingerprint density at radius 1 is 1.22 bits per heavy atom. The highest BCUT2D eigenvalue weighted by molar-refractivity contribution is 6.14. The van der Waals surface area contributed by atoms with Crippen LogP contribution < -0.4 is 5.43 Å². The maximum Gasteiger partial charge on any atom is 0.244 e. The molecule has 6 nitrogen and oxygen atoms in total. The van der Waals surface area contributed by atoms with Crippen molar-refractivity contribution in [2.75, 3.05) is 0 Å². The lowest BCUT2D eigenvalue weighted by Crippen LogP contribution is -2.13. The number of hydrogen-bond acceptors (Lipinski definition) is 6. The molecule has 0 aliphatic carbocycles. The van der Waals surface area contributed by atoms with Gasteiger partial charge in [0, 0.05) is 5.56 Å². The van der Waals surface area contributed by atoms with Gasteiger partial charge in [-0.2, -0.15) is 5.10 Å². The predicted molar refractivity (Wildman–Crippen MR) is 90.7 cm³/mol. The van der Waals surface area contributed by atoms with E-state index in [9.17, 15) is 5.11 Å². The van der Waals surface area contributed by atoms with E-state index in [4.69, 9.17) is 4.42 Å². The van der Waals surface area contributed by atoms with Crippen LogP contribution in [0.1, 0.15) is 24.7 Å². The van der Waals surface area contributed by atoms with E-state index in [1.165, 1.54) is 0 Å². The number of aromatic hydroxyl groups is 1. The maximum atomic E-state index is 9.86. The average molecular weight is 308 g/mol. The van der Waals surface area contributed by atoms with Crippen LogP contribution in [0.15, 0.2) is 67.9 Å². The lowest BCUT2D eigenvalue weighted by molar-refractivity contribution is 0.474. The second kappa shape index (κ2) is 6.74. The summed E-state index contributed by atoms with van der Waals surface area (Å²) in [6.07, 6.45) is 5.67. The van der Waals surface area contributed by atoms with Gasteiger partial charge in [-0.05, 0) is 30.7 Å². The zero-order chi connectivity index (χ0) is 16.1. The summed E-state index contributed by atoms with van der Waals surface area (Å²) in [6, 6.07) is 10.7. The number of guanidine groups is 1. The lowest BCUT2D eigenvalue weighted by Gasteiger charge is -2.00. The minimum Gasteiger partial charge on any atom is -0.507 e. The molecule has 0 atom stereocenters. The molecular weight excluding hydrogens is 292 g/mol. The first kappa shape index (κ1) is 14.8. The van der Waals surface area contributed by atoms with E-state index in [0.29, 0.717) is 23.0 Å². The molecule has 1 aliphatic rings. The van der Waals surface area contributed by atoms with Crippen molar-refractivity contribution in [3.05, 3.63) is 59.7 Å². The Bertz CT molecular complexity index is 802. The first-order chi connectivity index (χ1) is 11.3. The van der Waals surface area contributed by atoms with Crippen LogP contribution in [0.4, 0.5) is 0 Å². The molecule has 0 bridgehead atoms. The van der Waals surface area contributed by atoms with Crippen LogP contribution in [0.5, 0.6) is 5.75 Å². The number of aliphatic imine (C=N–C) groups is 2. The second-order valence-electron chi connectivity index (χ2n) is 4.82. The van der Waals surface area contributed by atoms with Crippen LogP contribution in [-0.4, -0.2) is 23.0 Å². The van der Waals surface area contributed by atoms with E-state index in [2.05, 4.69) is 20.5 Å². The van der Waals surface area contributed by atoms with E-state index in [-0.39, 0.29) is 5.75 Å². The van der Waals surface area contributed by atoms with Gasteiger partial charge in [0.1, 0.15) is 11.5 Å². The standard InChI is InChI=1S/C17H16N4O2/c1-2-14-15(10-12-6-3-4-8-16(12)22)20-17(19-14)21-18-11-13-7-5-9-23-13/h3-11,22H,2H2,1H3,(H,20,21)/b15-10-,18-11+. The fraction of sp³-hybridized carbons (Fsp3) is 0.118. The number of furan rings is 1. The molecule has 23 heavy (non-hydrogen) atoms. The molecular formula is C17H16N4O2. The van der Waals surface area contributed by atoms with Crippen LogP contribution in [0.3, 0.4) is 0 Å². The molecule has 3 rings (SSSR count). The fourth-order valence-electron chi connectivity index (χ4n) is 2.09. The molecule has 6 heteroatoms. The van der Waals surface area contributed by atoms with Crippen molar-refractivity contribution >= 4 is 24.0 Å². The molecule has 2 heterocycles. The van der Waals surface area contributed by atoms with Crippen molar-refractivity contribution in [1.82, 2.24) is 5.43 Å². The van der Waals surface area contributed by atoms with E-state index in [1.807, 2.05) is 25.1 Å². The number of hydrazone groups is 1. The van der Waals surface area contributed by atoms with Gasteiger partial charge in [0.25, 0.3) is 0 Å². The summed E-state index contributed by atoms with van der Waals surface area (Å²) in [5, 5.41) is 13.9. The first-order valence-electron chi connectivity index (χ1n) is 7.25. The SMILES string of the molecule is CCC1=NC(N/N=C/c2ccco2)=N/C1=C\c1ccccc1O. The van der Waals surface area contributed by atoms with E-state index < -0.39 is 0 Å². The summed E-state index contributed by atoms with van der Waals surface area (Å²) < 4.78 is 5.15. The average Bonchev–Trinajstić information content (AvgIpc) is 3.19. The number of allylic oxidation sites excluding steroid dienone is 1. The van der Waals surface area contributed by atoms with Gasteiger partial charge in [-0.1, -0.05) is 25.1 Å². The van der Waals surface area contributed by atoms with Gasteiger partial charge in [-0.25, -0.2) is 15.4 Å². The summed E-state index contributed by atoms with van der Waals surface area (Å²) in [5.74, 6) is 1.26.